The number of anilines is 1. The Labute approximate surface area is 114 Å². The maximum atomic E-state index is 11.5. The van der Waals surface area contributed by atoms with Gasteiger partial charge in [0.05, 0.1) is 5.56 Å². The molecule has 1 aliphatic rings. The normalized spacial score (nSPS) is 21.2. The highest BCUT2D eigenvalue weighted by molar-refractivity contribution is 5.97. The van der Waals surface area contributed by atoms with Gasteiger partial charge in [-0.25, -0.2) is 4.98 Å². The third-order valence-electron chi connectivity index (χ3n) is 3.97. The predicted octanol–water partition coefficient (Wildman–Crippen LogP) is 1.00. The van der Waals surface area contributed by atoms with Crippen LogP contribution in [0.3, 0.4) is 0 Å². The second kappa shape index (κ2) is 6.02. The zero-order valence-electron chi connectivity index (χ0n) is 11.6. The van der Waals surface area contributed by atoms with E-state index < -0.39 is 5.91 Å². The zero-order chi connectivity index (χ0) is 13.8. The van der Waals surface area contributed by atoms with E-state index in [9.17, 15) is 4.79 Å². The largest absolute Gasteiger partial charge is 0.365 e. The summed E-state index contributed by atoms with van der Waals surface area (Å²) in [5, 5.41) is 3.31. The van der Waals surface area contributed by atoms with E-state index in [4.69, 9.17) is 5.73 Å². The summed E-state index contributed by atoms with van der Waals surface area (Å²) in [4.78, 5) is 18.0. The van der Waals surface area contributed by atoms with Crippen LogP contribution in [0.15, 0.2) is 18.3 Å². The van der Waals surface area contributed by atoms with Crippen molar-refractivity contribution in [3.8, 4) is 0 Å². The second-order valence-electron chi connectivity index (χ2n) is 5.16. The Bertz CT molecular complexity index is 449. The maximum absolute atomic E-state index is 11.5. The SMILES string of the molecule is CNC(C)C1CCCN(c2ncccc2C(N)=O)C1. The first-order chi connectivity index (χ1) is 9.13. The average Bonchev–Trinajstić information content (AvgIpc) is 2.46. The molecular formula is C14H22N4O. The molecule has 0 aromatic carbocycles. The van der Waals surface area contributed by atoms with Crippen LogP contribution in [0.1, 0.15) is 30.1 Å². The lowest BCUT2D eigenvalue weighted by Gasteiger charge is -2.36. The van der Waals surface area contributed by atoms with Crippen molar-refractivity contribution in [2.24, 2.45) is 11.7 Å². The number of nitrogens with one attached hydrogen (secondary N) is 1. The molecule has 0 bridgehead atoms. The first kappa shape index (κ1) is 13.8. The quantitative estimate of drug-likeness (QED) is 0.849. The molecule has 0 spiro atoms. The average molecular weight is 262 g/mol. The lowest BCUT2D eigenvalue weighted by Crippen LogP contribution is -2.44. The molecule has 104 valence electrons. The molecule has 5 heteroatoms. The number of carbonyl (C=O) groups is 1. The van der Waals surface area contributed by atoms with Gasteiger partial charge in [-0.2, -0.15) is 0 Å². The van der Waals surface area contributed by atoms with E-state index in [2.05, 4.69) is 22.1 Å². The number of nitrogens with zero attached hydrogens (tertiary/aromatic N) is 2. The lowest BCUT2D eigenvalue weighted by atomic mass is 9.91. The summed E-state index contributed by atoms with van der Waals surface area (Å²) in [5.41, 5.74) is 5.94. The third-order valence-corrected chi connectivity index (χ3v) is 3.97. The molecule has 3 N–H and O–H groups in total. The van der Waals surface area contributed by atoms with Crippen molar-refractivity contribution in [3.63, 3.8) is 0 Å². The molecule has 0 aliphatic carbocycles. The minimum Gasteiger partial charge on any atom is -0.365 e. The number of pyridine rings is 1. The number of amides is 1. The van der Waals surface area contributed by atoms with Crippen molar-refractivity contribution < 1.29 is 4.79 Å². The summed E-state index contributed by atoms with van der Waals surface area (Å²) in [6.45, 7) is 4.05. The van der Waals surface area contributed by atoms with E-state index in [-0.39, 0.29) is 0 Å². The Hall–Kier alpha value is -1.62. The standard InChI is InChI=1S/C14H22N4O/c1-10(16-2)11-5-4-8-18(9-11)14-12(13(15)19)6-3-7-17-14/h3,6-7,10-11,16H,4-5,8-9H2,1-2H3,(H2,15,19). The predicted molar refractivity (Wildman–Crippen MR) is 76.2 cm³/mol. The molecular weight excluding hydrogens is 240 g/mol. The summed E-state index contributed by atoms with van der Waals surface area (Å²) < 4.78 is 0. The van der Waals surface area contributed by atoms with Crippen molar-refractivity contribution in [1.82, 2.24) is 10.3 Å². The number of hydrogen-bond donors (Lipinski definition) is 2. The molecule has 0 radical (unpaired) electrons. The van der Waals surface area contributed by atoms with E-state index in [1.807, 2.05) is 7.05 Å². The van der Waals surface area contributed by atoms with Gasteiger partial charge in [-0.05, 0) is 44.9 Å². The molecule has 1 fully saturated rings. The molecule has 2 atom stereocenters. The monoisotopic (exact) mass is 262 g/mol. The fourth-order valence-electron chi connectivity index (χ4n) is 2.69. The topological polar surface area (TPSA) is 71.2 Å². The Balaban J connectivity index is 2.20. The van der Waals surface area contributed by atoms with Crippen LogP contribution in [0.2, 0.25) is 0 Å². The van der Waals surface area contributed by atoms with Gasteiger partial charge in [-0.15, -0.1) is 0 Å². The molecule has 1 aromatic heterocycles. The Morgan fingerprint density at radius 3 is 3.11 bits per heavy atom. The van der Waals surface area contributed by atoms with Crippen molar-refractivity contribution >= 4 is 11.7 Å². The van der Waals surface area contributed by atoms with Gasteiger partial charge in [0.2, 0.25) is 0 Å². The van der Waals surface area contributed by atoms with E-state index >= 15 is 0 Å². The molecule has 1 saturated heterocycles. The van der Waals surface area contributed by atoms with E-state index in [0.717, 1.165) is 25.3 Å². The summed E-state index contributed by atoms with van der Waals surface area (Å²) in [7, 11) is 1.99. The number of hydrogen-bond acceptors (Lipinski definition) is 4. The van der Waals surface area contributed by atoms with Gasteiger partial charge in [0.1, 0.15) is 5.82 Å². The highest BCUT2D eigenvalue weighted by Gasteiger charge is 2.26. The number of nitrogens with two attached hydrogens (primary N) is 1. The van der Waals surface area contributed by atoms with Crippen LogP contribution >= 0.6 is 0 Å². The Morgan fingerprint density at radius 2 is 2.42 bits per heavy atom. The van der Waals surface area contributed by atoms with Gasteiger partial charge in [0.25, 0.3) is 5.91 Å². The van der Waals surface area contributed by atoms with Gasteiger partial charge in [0.15, 0.2) is 0 Å². The fraction of sp³-hybridized carbons (Fsp3) is 0.571. The van der Waals surface area contributed by atoms with Gasteiger partial charge in [-0.3, -0.25) is 4.79 Å². The van der Waals surface area contributed by atoms with Crippen molar-refractivity contribution in [2.45, 2.75) is 25.8 Å². The highest BCUT2D eigenvalue weighted by atomic mass is 16.1. The summed E-state index contributed by atoms with van der Waals surface area (Å²) in [6.07, 6.45) is 4.04. The molecule has 1 aromatic rings. The molecule has 2 unspecified atom stereocenters. The van der Waals surface area contributed by atoms with Crippen LogP contribution in [0, 0.1) is 5.92 Å². The van der Waals surface area contributed by atoms with Crippen LogP contribution in [-0.4, -0.2) is 37.1 Å². The molecule has 2 rings (SSSR count). The van der Waals surface area contributed by atoms with Gasteiger partial charge < -0.3 is 16.0 Å². The number of primary amides is 1. The molecule has 2 heterocycles. The number of carbonyl (C=O) groups excluding carboxylic acids is 1. The molecule has 0 saturated carbocycles. The van der Waals surface area contributed by atoms with Gasteiger partial charge in [-0.1, -0.05) is 0 Å². The second-order valence-corrected chi connectivity index (χ2v) is 5.16. The lowest BCUT2D eigenvalue weighted by molar-refractivity contribution is 0.100. The highest BCUT2D eigenvalue weighted by Crippen LogP contribution is 2.25. The van der Waals surface area contributed by atoms with Crippen LogP contribution in [0.4, 0.5) is 5.82 Å². The third kappa shape index (κ3) is 3.04. The molecule has 19 heavy (non-hydrogen) atoms. The van der Waals surface area contributed by atoms with Crippen LogP contribution in [-0.2, 0) is 0 Å². The number of aromatic nitrogens is 1. The number of piperidine rings is 1. The first-order valence-corrected chi connectivity index (χ1v) is 6.80. The van der Waals surface area contributed by atoms with E-state index in [1.165, 1.54) is 6.42 Å². The maximum Gasteiger partial charge on any atom is 0.252 e. The summed E-state index contributed by atoms with van der Waals surface area (Å²) in [6, 6.07) is 3.96. The van der Waals surface area contributed by atoms with Crippen molar-refractivity contribution in [3.05, 3.63) is 23.9 Å². The van der Waals surface area contributed by atoms with Crippen LogP contribution < -0.4 is 16.0 Å². The Morgan fingerprint density at radius 1 is 1.63 bits per heavy atom. The van der Waals surface area contributed by atoms with Crippen LogP contribution in [0.25, 0.3) is 0 Å². The smallest absolute Gasteiger partial charge is 0.252 e. The van der Waals surface area contributed by atoms with E-state index in [0.29, 0.717) is 17.5 Å². The van der Waals surface area contributed by atoms with Gasteiger partial charge >= 0.3 is 0 Å². The minimum atomic E-state index is -0.410. The molecule has 5 nitrogen and oxygen atoms in total. The van der Waals surface area contributed by atoms with Crippen molar-refractivity contribution in [1.29, 1.82) is 0 Å². The number of rotatable bonds is 4. The fourth-order valence-corrected chi connectivity index (χ4v) is 2.69. The summed E-state index contributed by atoms with van der Waals surface area (Å²) in [5.74, 6) is 0.886. The minimum absolute atomic E-state index is 0.410. The zero-order valence-corrected chi connectivity index (χ0v) is 11.6. The van der Waals surface area contributed by atoms with Crippen LogP contribution in [0.5, 0.6) is 0 Å². The first-order valence-electron chi connectivity index (χ1n) is 6.80. The Kier molecular flexibility index (Phi) is 4.37. The van der Waals surface area contributed by atoms with E-state index in [1.54, 1.807) is 18.3 Å². The van der Waals surface area contributed by atoms with Crippen molar-refractivity contribution in [2.75, 3.05) is 25.0 Å². The molecule has 1 aliphatic heterocycles. The summed E-state index contributed by atoms with van der Waals surface area (Å²) >= 11 is 0. The van der Waals surface area contributed by atoms with Gasteiger partial charge in [0, 0.05) is 25.3 Å². The molecule has 1 amide bonds.